The van der Waals surface area contributed by atoms with E-state index in [1.807, 2.05) is 0 Å². The van der Waals surface area contributed by atoms with Crippen LogP contribution in [0, 0.1) is 0 Å². The van der Waals surface area contributed by atoms with Crippen LogP contribution in [0.15, 0.2) is 0 Å². The van der Waals surface area contributed by atoms with Gasteiger partial charge in [-0.05, 0) is 0 Å². The Morgan fingerprint density at radius 2 is 1.33 bits per heavy atom. The van der Waals surface area contributed by atoms with Crippen molar-refractivity contribution in [2.45, 2.75) is 102 Å². The zero-order chi connectivity index (χ0) is 15.6. The van der Waals surface area contributed by atoms with Gasteiger partial charge in [0.2, 0.25) is 0 Å². The molecular weight excluding hydrogens is 367 g/mol. The van der Waals surface area contributed by atoms with Crippen molar-refractivity contribution in [1.29, 1.82) is 0 Å². The molecule has 0 aromatic carbocycles. The molecule has 0 bridgehead atoms. The molecule has 0 radical (unpaired) electrons. The number of unbranched alkanes of at least 4 members (excludes halogenated alkanes) is 3. The summed E-state index contributed by atoms with van der Waals surface area (Å²) in [6.45, 7) is 10.2. The van der Waals surface area contributed by atoms with Crippen LogP contribution >= 0.6 is 0 Å². The maximum atomic E-state index is 5.70. The summed E-state index contributed by atoms with van der Waals surface area (Å²) < 4.78 is 5.54. The molecule has 1 aliphatic rings. The Morgan fingerprint density at radius 3 is 1.76 bits per heavy atom. The predicted molar refractivity (Wildman–Crippen MR) is 94.4 cm³/mol. The van der Waals surface area contributed by atoms with Gasteiger partial charge in [-0.2, -0.15) is 0 Å². The molecule has 1 fully saturated rings. The van der Waals surface area contributed by atoms with Crippen molar-refractivity contribution in [2.24, 2.45) is 0 Å². The molecule has 2 nitrogen and oxygen atoms in total. The molecule has 2 atom stereocenters. The van der Waals surface area contributed by atoms with Gasteiger partial charge < -0.3 is 0 Å². The Bertz CT molecular complexity index is 236. The van der Waals surface area contributed by atoms with Gasteiger partial charge in [-0.25, -0.2) is 0 Å². The van der Waals surface area contributed by atoms with E-state index >= 15 is 0 Å². The Labute approximate surface area is 137 Å². The summed E-state index contributed by atoms with van der Waals surface area (Å²) in [6.07, 6.45) is 11.2. The zero-order valence-corrected chi connectivity index (χ0v) is 17.8. The van der Waals surface area contributed by atoms with Crippen molar-refractivity contribution < 1.29 is 9.78 Å². The first kappa shape index (κ1) is 19.8. The summed E-state index contributed by atoms with van der Waals surface area (Å²) in [5.74, 6) is 0. The molecule has 0 spiro atoms. The minimum atomic E-state index is -2.16. The van der Waals surface area contributed by atoms with E-state index in [1.165, 1.54) is 51.4 Å². The molecular formula is C18H38O2Sn. The van der Waals surface area contributed by atoms with E-state index < -0.39 is 18.4 Å². The first-order valence-electron chi connectivity index (χ1n) is 9.52. The van der Waals surface area contributed by atoms with Gasteiger partial charge in [0.1, 0.15) is 0 Å². The molecule has 1 rings (SSSR count). The van der Waals surface area contributed by atoms with Crippen molar-refractivity contribution >= 4 is 18.4 Å². The van der Waals surface area contributed by atoms with Crippen LogP contribution in [-0.2, 0) is 9.78 Å². The summed E-state index contributed by atoms with van der Waals surface area (Å²) >= 11 is -2.16. The first-order chi connectivity index (χ1) is 10.2. The van der Waals surface area contributed by atoms with Gasteiger partial charge in [-0.1, -0.05) is 0 Å². The van der Waals surface area contributed by atoms with Crippen LogP contribution in [0.2, 0.25) is 17.2 Å². The summed E-state index contributed by atoms with van der Waals surface area (Å²) in [5.41, 5.74) is 0. The quantitative estimate of drug-likeness (QED) is 0.279. The molecule has 1 aliphatic heterocycles. The van der Waals surface area contributed by atoms with E-state index in [9.17, 15) is 0 Å². The molecule has 0 N–H and O–H groups in total. The van der Waals surface area contributed by atoms with E-state index in [4.69, 9.17) is 9.78 Å². The molecule has 1 saturated heterocycles. The summed E-state index contributed by atoms with van der Waals surface area (Å²) in [5, 5.41) is 0. The normalized spacial score (nSPS) is 22.9. The van der Waals surface area contributed by atoms with Crippen molar-refractivity contribution in [3.05, 3.63) is 0 Å². The van der Waals surface area contributed by atoms with Gasteiger partial charge >= 0.3 is 137 Å². The fourth-order valence-electron chi connectivity index (χ4n) is 4.00. The summed E-state index contributed by atoms with van der Waals surface area (Å²) in [6, 6.07) is 0. The molecule has 3 heteroatoms. The molecule has 0 saturated carbocycles. The fraction of sp³-hybridized carbons (Fsp3) is 1.00. The Hall–Kier alpha value is 0.719. The predicted octanol–water partition coefficient (Wildman–Crippen LogP) is 6.34. The topological polar surface area (TPSA) is 18.5 Å². The van der Waals surface area contributed by atoms with Crippen LogP contribution in [0.5, 0.6) is 0 Å². The molecule has 0 aromatic heterocycles. The maximum absolute atomic E-state index is 5.70. The average Bonchev–Trinajstić information content (AvgIpc) is 2.96. The molecule has 1 heterocycles. The monoisotopic (exact) mass is 406 g/mol. The summed E-state index contributed by atoms with van der Waals surface area (Å²) in [7, 11) is 0. The Morgan fingerprint density at radius 1 is 0.810 bits per heavy atom. The van der Waals surface area contributed by atoms with Crippen LogP contribution in [0.25, 0.3) is 0 Å². The second-order valence-electron chi connectivity index (χ2n) is 6.99. The second-order valence-corrected chi connectivity index (χ2v) is 21.2. The average molecular weight is 405 g/mol. The van der Waals surface area contributed by atoms with Crippen LogP contribution in [0.3, 0.4) is 0 Å². The van der Waals surface area contributed by atoms with Crippen LogP contribution in [-0.4, -0.2) is 31.1 Å². The SMILES string of the molecule is CCC[CH2][Sn]([CH2]CCC)([CH2]CCC)[C@H]1COO[C@@H]1CCC. The number of hydrogen-bond donors (Lipinski definition) is 0. The Kier molecular flexibility index (Phi) is 10.6. The molecule has 0 unspecified atom stereocenters. The molecule has 0 amide bonds. The van der Waals surface area contributed by atoms with Gasteiger partial charge in [0, 0.05) is 0 Å². The zero-order valence-electron chi connectivity index (χ0n) is 15.0. The van der Waals surface area contributed by atoms with Gasteiger partial charge in [0.05, 0.1) is 0 Å². The van der Waals surface area contributed by atoms with Crippen LogP contribution in [0.1, 0.15) is 79.1 Å². The second kappa shape index (κ2) is 11.3. The van der Waals surface area contributed by atoms with Crippen LogP contribution < -0.4 is 0 Å². The van der Waals surface area contributed by atoms with Crippen molar-refractivity contribution in [1.82, 2.24) is 0 Å². The fourth-order valence-corrected chi connectivity index (χ4v) is 22.5. The Balaban J connectivity index is 2.87. The van der Waals surface area contributed by atoms with Crippen LogP contribution in [0.4, 0.5) is 0 Å². The first-order valence-corrected chi connectivity index (χ1v) is 17.2. The third kappa shape index (κ3) is 6.02. The standard InChI is InChI=1S/C6H11O2.3C4H9.Sn/c1-2-3-6-4-5-7-8-6;3*1-3-4-2;/h4,6H,2-3,5H2,1H3;3*1,3-4H2,2H3;/t6-;;;;/m1..../s1. The van der Waals surface area contributed by atoms with Crippen molar-refractivity contribution in [3.63, 3.8) is 0 Å². The molecule has 0 aromatic rings. The van der Waals surface area contributed by atoms with Gasteiger partial charge in [0.25, 0.3) is 0 Å². The third-order valence-corrected chi connectivity index (χ3v) is 22.9. The molecule has 0 aliphatic carbocycles. The number of hydrogen-bond acceptors (Lipinski definition) is 2. The van der Waals surface area contributed by atoms with Gasteiger partial charge in [-0.3, -0.25) is 0 Å². The third-order valence-electron chi connectivity index (χ3n) is 5.33. The van der Waals surface area contributed by atoms with Crippen molar-refractivity contribution in [2.75, 3.05) is 6.61 Å². The van der Waals surface area contributed by atoms with E-state index in [-0.39, 0.29) is 0 Å². The van der Waals surface area contributed by atoms with E-state index in [2.05, 4.69) is 27.7 Å². The molecule has 126 valence electrons. The minimum absolute atomic E-state index is 0.427. The summed E-state index contributed by atoms with van der Waals surface area (Å²) in [4.78, 5) is 11.2. The van der Waals surface area contributed by atoms with Gasteiger partial charge in [-0.15, -0.1) is 0 Å². The van der Waals surface area contributed by atoms with Gasteiger partial charge in [0.15, 0.2) is 0 Å². The molecule has 21 heavy (non-hydrogen) atoms. The van der Waals surface area contributed by atoms with E-state index in [0.717, 1.165) is 10.5 Å². The number of rotatable bonds is 12. The van der Waals surface area contributed by atoms with E-state index in [0.29, 0.717) is 6.10 Å². The van der Waals surface area contributed by atoms with Crippen molar-refractivity contribution in [3.8, 4) is 0 Å². The van der Waals surface area contributed by atoms with E-state index in [1.54, 1.807) is 13.3 Å².